The van der Waals surface area contributed by atoms with Gasteiger partial charge in [-0.1, -0.05) is 0 Å². The van der Waals surface area contributed by atoms with E-state index in [0.29, 0.717) is 13.0 Å². The van der Waals surface area contributed by atoms with E-state index in [1.54, 1.807) is 17.7 Å². The summed E-state index contributed by atoms with van der Waals surface area (Å²) in [7, 11) is 0. The van der Waals surface area contributed by atoms with Crippen molar-refractivity contribution in [1.29, 1.82) is 0 Å². The lowest BCUT2D eigenvalue weighted by Gasteiger charge is -2.20. The van der Waals surface area contributed by atoms with E-state index < -0.39 is 0 Å². The molecular weight excluding hydrogens is 272 g/mol. The van der Waals surface area contributed by atoms with E-state index in [9.17, 15) is 4.79 Å². The van der Waals surface area contributed by atoms with Crippen LogP contribution in [0.25, 0.3) is 10.2 Å². The van der Waals surface area contributed by atoms with E-state index in [1.165, 1.54) is 0 Å². The minimum absolute atomic E-state index is 0.0395. The molecule has 2 N–H and O–H groups in total. The fraction of sp³-hybridized carbons (Fsp3) is 0.500. The van der Waals surface area contributed by atoms with Crippen LogP contribution in [0, 0.1) is 6.92 Å². The van der Waals surface area contributed by atoms with Gasteiger partial charge in [0.05, 0.1) is 10.2 Å². The Balaban J connectivity index is 1.95. The monoisotopic (exact) mass is 292 g/mol. The number of anilines is 1. The number of thiophene rings is 1. The number of amides is 1. The van der Waals surface area contributed by atoms with Crippen LogP contribution in [0.5, 0.6) is 0 Å². The number of aromatic nitrogens is 2. The summed E-state index contributed by atoms with van der Waals surface area (Å²) in [5, 5.41) is 8.22. The van der Waals surface area contributed by atoms with Crippen LogP contribution in [0.3, 0.4) is 0 Å². The molecule has 0 saturated heterocycles. The van der Waals surface area contributed by atoms with Crippen molar-refractivity contribution >= 4 is 33.3 Å². The van der Waals surface area contributed by atoms with Crippen LogP contribution in [0.15, 0.2) is 11.7 Å². The predicted octanol–water partition coefficient (Wildman–Crippen LogP) is 2.72. The molecule has 0 aliphatic rings. The summed E-state index contributed by atoms with van der Waals surface area (Å²) in [6.45, 7) is 8.51. The van der Waals surface area contributed by atoms with Crippen molar-refractivity contribution in [2.24, 2.45) is 0 Å². The van der Waals surface area contributed by atoms with Crippen molar-refractivity contribution in [2.45, 2.75) is 39.7 Å². The van der Waals surface area contributed by atoms with E-state index in [-0.39, 0.29) is 11.4 Å². The molecule has 0 bridgehead atoms. The first-order valence-corrected chi connectivity index (χ1v) is 7.48. The number of hydrogen-bond donors (Lipinski definition) is 2. The topological polar surface area (TPSA) is 66.9 Å². The maximum Gasteiger partial charge on any atom is 0.222 e. The largest absolute Gasteiger partial charge is 0.368 e. The van der Waals surface area contributed by atoms with Crippen molar-refractivity contribution in [2.75, 3.05) is 11.9 Å². The smallest absolute Gasteiger partial charge is 0.222 e. The summed E-state index contributed by atoms with van der Waals surface area (Å²) in [4.78, 5) is 20.3. The van der Waals surface area contributed by atoms with E-state index in [4.69, 9.17) is 0 Å². The zero-order valence-electron chi connectivity index (χ0n) is 12.3. The molecule has 108 valence electrons. The lowest BCUT2D eigenvalue weighted by atomic mass is 10.1. The number of fused-ring (bicyclic) bond motifs is 1. The van der Waals surface area contributed by atoms with Gasteiger partial charge >= 0.3 is 0 Å². The summed E-state index contributed by atoms with van der Waals surface area (Å²) in [5.74, 6) is 0.842. The molecule has 0 fully saturated rings. The lowest BCUT2D eigenvalue weighted by molar-refractivity contribution is -0.122. The van der Waals surface area contributed by atoms with Crippen LogP contribution in [0.2, 0.25) is 0 Å². The molecule has 2 aromatic rings. The molecule has 1 amide bonds. The Labute approximate surface area is 122 Å². The molecule has 2 rings (SSSR count). The van der Waals surface area contributed by atoms with Crippen molar-refractivity contribution < 1.29 is 4.79 Å². The second-order valence-corrected chi connectivity index (χ2v) is 6.67. The van der Waals surface area contributed by atoms with Gasteiger partial charge in [0.15, 0.2) is 0 Å². The highest BCUT2D eigenvalue weighted by atomic mass is 32.1. The van der Waals surface area contributed by atoms with Crippen LogP contribution >= 0.6 is 11.3 Å². The number of nitrogens with zero attached hydrogens (tertiary/aromatic N) is 2. The minimum atomic E-state index is -0.190. The Morgan fingerprint density at radius 3 is 2.80 bits per heavy atom. The second-order valence-electron chi connectivity index (χ2n) is 5.79. The Morgan fingerprint density at radius 2 is 2.10 bits per heavy atom. The normalized spacial score (nSPS) is 11.6. The summed E-state index contributed by atoms with van der Waals surface area (Å²) >= 11 is 1.62. The third-order valence-electron chi connectivity index (χ3n) is 2.69. The van der Waals surface area contributed by atoms with Gasteiger partial charge in [-0.15, -0.1) is 11.3 Å². The molecule has 0 spiro atoms. The Hall–Kier alpha value is -1.69. The van der Waals surface area contributed by atoms with Gasteiger partial charge in [0.2, 0.25) is 5.91 Å². The first-order chi connectivity index (χ1) is 9.37. The number of nitrogens with one attached hydrogen (secondary N) is 2. The van der Waals surface area contributed by atoms with Crippen LogP contribution < -0.4 is 10.6 Å². The fourth-order valence-electron chi connectivity index (χ4n) is 1.87. The second kappa shape index (κ2) is 5.75. The molecule has 20 heavy (non-hydrogen) atoms. The zero-order chi connectivity index (χ0) is 14.8. The Morgan fingerprint density at radius 1 is 1.35 bits per heavy atom. The fourth-order valence-corrected chi connectivity index (χ4v) is 2.84. The van der Waals surface area contributed by atoms with Gasteiger partial charge in [-0.05, 0) is 38.6 Å². The van der Waals surface area contributed by atoms with Gasteiger partial charge in [-0.25, -0.2) is 9.97 Å². The summed E-state index contributed by atoms with van der Waals surface area (Å²) in [6.07, 6.45) is 1.98. The van der Waals surface area contributed by atoms with Crippen LogP contribution in [0.1, 0.15) is 32.8 Å². The van der Waals surface area contributed by atoms with Crippen molar-refractivity contribution in [1.82, 2.24) is 15.3 Å². The van der Waals surface area contributed by atoms with Gasteiger partial charge in [0.25, 0.3) is 0 Å². The van der Waals surface area contributed by atoms with E-state index >= 15 is 0 Å². The van der Waals surface area contributed by atoms with E-state index in [0.717, 1.165) is 21.6 Å². The molecule has 0 aliphatic carbocycles. The van der Waals surface area contributed by atoms with Crippen LogP contribution in [-0.4, -0.2) is 28.0 Å². The third kappa shape index (κ3) is 3.66. The molecule has 0 aliphatic heterocycles. The molecule has 0 aromatic carbocycles. The number of carbonyl (C=O) groups excluding carboxylic acids is 1. The number of aryl methyl sites for hydroxylation is 1. The van der Waals surface area contributed by atoms with Crippen LogP contribution in [-0.2, 0) is 4.79 Å². The van der Waals surface area contributed by atoms with Crippen molar-refractivity contribution in [3.05, 3.63) is 17.3 Å². The average molecular weight is 292 g/mol. The third-order valence-corrected chi connectivity index (χ3v) is 3.78. The molecular formula is C14H20N4OS. The van der Waals surface area contributed by atoms with E-state index in [1.807, 2.05) is 27.7 Å². The highest BCUT2D eigenvalue weighted by Crippen LogP contribution is 2.28. The van der Waals surface area contributed by atoms with Gasteiger partial charge in [-0.2, -0.15) is 0 Å². The summed E-state index contributed by atoms with van der Waals surface area (Å²) in [5.41, 5.74) is 1.94. The first kappa shape index (κ1) is 14.7. The molecule has 2 aromatic heterocycles. The quantitative estimate of drug-likeness (QED) is 0.909. The summed E-state index contributed by atoms with van der Waals surface area (Å²) in [6, 6.07) is 0. The van der Waals surface area contributed by atoms with Crippen molar-refractivity contribution in [3.63, 3.8) is 0 Å². The van der Waals surface area contributed by atoms with Gasteiger partial charge in [0.1, 0.15) is 12.1 Å². The van der Waals surface area contributed by atoms with Gasteiger partial charge in [-0.3, -0.25) is 4.79 Å². The minimum Gasteiger partial charge on any atom is -0.368 e. The van der Waals surface area contributed by atoms with Gasteiger partial charge in [0, 0.05) is 18.5 Å². The molecule has 0 atom stereocenters. The Bertz CT molecular complexity index is 615. The summed E-state index contributed by atoms with van der Waals surface area (Å²) < 4.78 is 1.04. The van der Waals surface area contributed by atoms with Crippen molar-refractivity contribution in [3.8, 4) is 0 Å². The van der Waals surface area contributed by atoms with Crippen LogP contribution in [0.4, 0.5) is 5.82 Å². The first-order valence-electron chi connectivity index (χ1n) is 6.60. The SMILES string of the molecule is Cc1csc2c(NCCC(=O)NC(C)(C)C)ncnc12. The lowest BCUT2D eigenvalue weighted by Crippen LogP contribution is -2.41. The zero-order valence-corrected chi connectivity index (χ0v) is 13.1. The maximum atomic E-state index is 11.7. The molecule has 5 nitrogen and oxygen atoms in total. The number of carbonyl (C=O) groups is 1. The number of hydrogen-bond acceptors (Lipinski definition) is 5. The molecule has 0 radical (unpaired) electrons. The molecule has 6 heteroatoms. The Kier molecular flexibility index (Phi) is 4.23. The standard InChI is InChI=1S/C14H20N4OS/c1-9-7-20-12-11(9)16-8-17-13(12)15-6-5-10(19)18-14(2,3)4/h7-8H,5-6H2,1-4H3,(H,18,19)(H,15,16,17). The number of rotatable bonds is 4. The maximum absolute atomic E-state index is 11.7. The predicted molar refractivity (Wildman–Crippen MR) is 83.2 cm³/mol. The molecule has 2 heterocycles. The molecule has 0 unspecified atom stereocenters. The highest BCUT2D eigenvalue weighted by Gasteiger charge is 2.13. The average Bonchev–Trinajstić information content (AvgIpc) is 2.70. The van der Waals surface area contributed by atoms with E-state index in [2.05, 4.69) is 26.0 Å². The van der Waals surface area contributed by atoms with Gasteiger partial charge < -0.3 is 10.6 Å². The highest BCUT2D eigenvalue weighted by molar-refractivity contribution is 7.18. The molecule has 0 saturated carbocycles.